The highest BCUT2D eigenvalue weighted by Crippen LogP contribution is 2.12. The highest BCUT2D eigenvalue weighted by Gasteiger charge is 2.04. The monoisotopic (exact) mass is 257 g/mol. The fourth-order valence-corrected chi connectivity index (χ4v) is 2.13. The van der Waals surface area contributed by atoms with Crippen molar-refractivity contribution < 1.29 is 4.39 Å². The third-order valence-corrected chi connectivity index (χ3v) is 3.31. The lowest BCUT2D eigenvalue weighted by Gasteiger charge is -2.14. The van der Waals surface area contributed by atoms with Crippen molar-refractivity contribution in [1.82, 2.24) is 5.32 Å². The van der Waals surface area contributed by atoms with Crippen molar-refractivity contribution in [3.05, 3.63) is 71.5 Å². The summed E-state index contributed by atoms with van der Waals surface area (Å²) in [6.45, 7) is 3.07. The van der Waals surface area contributed by atoms with E-state index in [1.807, 2.05) is 18.2 Å². The van der Waals surface area contributed by atoms with Crippen LogP contribution in [0.2, 0.25) is 0 Å². The van der Waals surface area contributed by atoms with Gasteiger partial charge < -0.3 is 5.32 Å². The summed E-state index contributed by atoms with van der Waals surface area (Å²) < 4.78 is 12.8. The first-order valence-electron chi connectivity index (χ1n) is 6.78. The minimum Gasteiger partial charge on any atom is -0.310 e. The number of hydrogen-bond acceptors (Lipinski definition) is 1. The maximum Gasteiger partial charge on any atom is 0.123 e. The molecule has 0 spiro atoms. The van der Waals surface area contributed by atoms with E-state index in [0.717, 1.165) is 24.9 Å². The number of nitrogens with one attached hydrogen (secondary N) is 1. The molecule has 0 aromatic heterocycles. The fourth-order valence-electron chi connectivity index (χ4n) is 2.13. The molecule has 100 valence electrons. The van der Waals surface area contributed by atoms with Crippen LogP contribution in [-0.2, 0) is 6.42 Å². The molecule has 0 radical (unpaired) electrons. The standard InChI is InChI=1S/C17H20FN/c1-14(16-9-11-17(18)12-10-16)19-13-5-8-15-6-3-2-4-7-15/h2-4,6-7,9-12,14,19H,5,8,13H2,1H3/t14-/m1/s1. The van der Waals surface area contributed by atoms with E-state index in [2.05, 4.69) is 36.5 Å². The van der Waals surface area contributed by atoms with Crippen molar-refractivity contribution >= 4 is 0 Å². The predicted octanol–water partition coefficient (Wildman–Crippen LogP) is 4.11. The van der Waals surface area contributed by atoms with Gasteiger partial charge in [0.15, 0.2) is 0 Å². The maximum atomic E-state index is 12.8. The van der Waals surface area contributed by atoms with E-state index in [9.17, 15) is 4.39 Å². The van der Waals surface area contributed by atoms with Crippen LogP contribution in [0.5, 0.6) is 0 Å². The highest BCUT2D eigenvalue weighted by molar-refractivity contribution is 5.19. The molecule has 2 rings (SSSR count). The molecule has 2 aromatic rings. The molecule has 0 saturated carbocycles. The largest absolute Gasteiger partial charge is 0.310 e. The Balaban J connectivity index is 1.72. The van der Waals surface area contributed by atoms with Gasteiger partial charge in [-0.1, -0.05) is 42.5 Å². The molecular weight excluding hydrogens is 237 g/mol. The number of aryl methyl sites for hydroxylation is 1. The Bertz CT molecular complexity index is 478. The lowest BCUT2D eigenvalue weighted by atomic mass is 10.1. The van der Waals surface area contributed by atoms with Gasteiger partial charge in [0.1, 0.15) is 5.82 Å². The van der Waals surface area contributed by atoms with Gasteiger partial charge in [-0.3, -0.25) is 0 Å². The Morgan fingerprint density at radius 3 is 2.37 bits per heavy atom. The molecule has 1 N–H and O–H groups in total. The third-order valence-electron chi connectivity index (χ3n) is 3.31. The van der Waals surface area contributed by atoms with Gasteiger partial charge in [-0.15, -0.1) is 0 Å². The second-order valence-electron chi connectivity index (χ2n) is 4.82. The summed E-state index contributed by atoms with van der Waals surface area (Å²) in [6.07, 6.45) is 2.19. The van der Waals surface area contributed by atoms with Crippen LogP contribution in [0.4, 0.5) is 4.39 Å². The lowest BCUT2D eigenvalue weighted by molar-refractivity contribution is 0.556. The van der Waals surface area contributed by atoms with Gasteiger partial charge in [0.2, 0.25) is 0 Å². The molecule has 0 heterocycles. The molecule has 0 bridgehead atoms. The van der Waals surface area contributed by atoms with Gasteiger partial charge in [0.25, 0.3) is 0 Å². The lowest BCUT2D eigenvalue weighted by Crippen LogP contribution is -2.20. The molecule has 0 aliphatic carbocycles. The first kappa shape index (κ1) is 13.8. The van der Waals surface area contributed by atoms with E-state index >= 15 is 0 Å². The molecule has 0 unspecified atom stereocenters. The Kier molecular flexibility index (Phi) is 5.10. The van der Waals surface area contributed by atoms with Gasteiger partial charge in [-0.2, -0.15) is 0 Å². The molecule has 0 saturated heterocycles. The Morgan fingerprint density at radius 1 is 1.00 bits per heavy atom. The zero-order chi connectivity index (χ0) is 13.5. The minimum absolute atomic E-state index is 0.181. The molecule has 1 nitrogen and oxygen atoms in total. The average Bonchev–Trinajstić information content (AvgIpc) is 2.45. The van der Waals surface area contributed by atoms with Gasteiger partial charge in [-0.25, -0.2) is 4.39 Å². The van der Waals surface area contributed by atoms with Crippen LogP contribution in [0, 0.1) is 5.82 Å². The van der Waals surface area contributed by atoms with Crippen molar-refractivity contribution in [2.45, 2.75) is 25.8 Å². The van der Waals surface area contributed by atoms with E-state index in [1.165, 1.54) is 17.7 Å². The SMILES string of the molecule is C[C@@H](NCCCc1ccccc1)c1ccc(F)cc1. The molecule has 1 atom stereocenters. The van der Waals surface area contributed by atoms with Gasteiger partial charge in [-0.05, 0) is 49.6 Å². The van der Waals surface area contributed by atoms with Crippen LogP contribution < -0.4 is 5.32 Å². The van der Waals surface area contributed by atoms with Crippen molar-refractivity contribution in [1.29, 1.82) is 0 Å². The van der Waals surface area contributed by atoms with Crippen LogP contribution in [-0.4, -0.2) is 6.54 Å². The van der Waals surface area contributed by atoms with E-state index in [1.54, 1.807) is 0 Å². The number of benzene rings is 2. The summed E-state index contributed by atoms with van der Waals surface area (Å²) >= 11 is 0. The summed E-state index contributed by atoms with van der Waals surface area (Å²) in [5, 5.41) is 3.47. The normalized spacial score (nSPS) is 12.3. The summed E-state index contributed by atoms with van der Waals surface area (Å²) in [5.74, 6) is -0.181. The van der Waals surface area contributed by atoms with Gasteiger partial charge >= 0.3 is 0 Å². The van der Waals surface area contributed by atoms with E-state index in [0.29, 0.717) is 0 Å². The third kappa shape index (κ3) is 4.49. The number of halogens is 1. The predicted molar refractivity (Wildman–Crippen MR) is 77.6 cm³/mol. The smallest absolute Gasteiger partial charge is 0.123 e. The van der Waals surface area contributed by atoms with Gasteiger partial charge in [0.05, 0.1) is 0 Å². The topological polar surface area (TPSA) is 12.0 Å². The van der Waals surface area contributed by atoms with E-state index in [-0.39, 0.29) is 11.9 Å². The summed E-state index contributed by atoms with van der Waals surface area (Å²) in [6, 6.07) is 17.5. The highest BCUT2D eigenvalue weighted by atomic mass is 19.1. The summed E-state index contributed by atoms with van der Waals surface area (Å²) in [7, 11) is 0. The van der Waals surface area contributed by atoms with Crippen molar-refractivity contribution in [2.24, 2.45) is 0 Å². The second-order valence-corrected chi connectivity index (χ2v) is 4.82. The molecule has 0 aliphatic heterocycles. The molecule has 0 amide bonds. The van der Waals surface area contributed by atoms with Crippen LogP contribution in [0.3, 0.4) is 0 Å². The maximum absolute atomic E-state index is 12.8. The summed E-state index contributed by atoms with van der Waals surface area (Å²) in [5.41, 5.74) is 2.50. The van der Waals surface area contributed by atoms with E-state index < -0.39 is 0 Å². The molecule has 2 aromatic carbocycles. The van der Waals surface area contributed by atoms with Crippen LogP contribution in [0.25, 0.3) is 0 Å². The zero-order valence-corrected chi connectivity index (χ0v) is 11.3. The quantitative estimate of drug-likeness (QED) is 0.768. The first-order valence-corrected chi connectivity index (χ1v) is 6.78. The van der Waals surface area contributed by atoms with Crippen molar-refractivity contribution in [3.8, 4) is 0 Å². The Labute approximate surface area is 114 Å². The Hall–Kier alpha value is -1.67. The summed E-state index contributed by atoms with van der Waals surface area (Å²) in [4.78, 5) is 0. The average molecular weight is 257 g/mol. The minimum atomic E-state index is -0.181. The number of hydrogen-bond donors (Lipinski definition) is 1. The molecule has 0 aliphatic rings. The Morgan fingerprint density at radius 2 is 1.68 bits per heavy atom. The van der Waals surface area contributed by atoms with Crippen LogP contribution in [0.1, 0.15) is 30.5 Å². The molecule has 0 fully saturated rings. The van der Waals surface area contributed by atoms with Crippen molar-refractivity contribution in [2.75, 3.05) is 6.54 Å². The zero-order valence-electron chi connectivity index (χ0n) is 11.3. The molecular formula is C17H20FN. The van der Waals surface area contributed by atoms with Crippen molar-refractivity contribution in [3.63, 3.8) is 0 Å². The second kappa shape index (κ2) is 7.05. The van der Waals surface area contributed by atoms with Gasteiger partial charge in [0, 0.05) is 6.04 Å². The van der Waals surface area contributed by atoms with E-state index in [4.69, 9.17) is 0 Å². The first-order chi connectivity index (χ1) is 9.25. The van der Waals surface area contributed by atoms with Crippen LogP contribution in [0.15, 0.2) is 54.6 Å². The van der Waals surface area contributed by atoms with Crippen LogP contribution >= 0.6 is 0 Å². The molecule has 2 heteroatoms. The number of rotatable bonds is 6. The molecule has 19 heavy (non-hydrogen) atoms. The fraction of sp³-hybridized carbons (Fsp3) is 0.294.